The molecule has 0 spiro atoms. The number of methoxy groups -OCH3 is 2. The first-order valence-electron chi connectivity index (χ1n) is 16.7. The molecule has 1 atom stereocenters. The summed E-state index contributed by atoms with van der Waals surface area (Å²) in [5, 5.41) is 21.0. The van der Waals surface area contributed by atoms with Crippen LogP contribution < -0.4 is 9.47 Å². The van der Waals surface area contributed by atoms with E-state index in [2.05, 4.69) is 55.1 Å². The molecule has 1 N–H and O–H groups in total. The number of hydroxylamine groups is 2. The molecule has 1 unspecified atom stereocenters. The third-order valence-corrected chi connectivity index (χ3v) is 9.79. The first-order valence-corrected chi connectivity index (χ1v) is 16.7. The molecule has 0 aliphatic carbocycles. The summed E-state index contributed by atoms with van der Waals surface area (Å²) in [4.78, 5) is 29.5. The number of hydrogen-bond acceptors (Lipinski definition) is 6. The fraction of sp³-hybridized carbons (Fsp3) is 0.238. The summed E-state index contributed by atoms with van der Waals surface area (Å²) in [7, 11) is 3.28. The van der Waals surface area contributed by atoms with Gasteiger partial charge in [0.1, 0.15) is 17.1 Å². The molecule has 6 aromatic carbocycles. The highest BCUT2D eigenvalue weighted by molar-refractivity contribution is 6.23. The minimum absolute atomic E-state index is 0.208. The van der Waals surface area contributed by atoms with Gasteiger partial charge in [-0.3, -0.25) is 4.79 Å². The smallest absolute Gasteiger partial charge is 0.333 e. The van der Waals surface area contributed by atoms with Crippen LogP contribution >= 0.6 is 0 Å². The van der Waals surface area contributed by atoms with E-state index in [1.54, 1.807) is 14.2 Å². The van der Waals surface area contributed by atoms with E-state index >= 15 is 0 Å². The lowest BCUT2D eigenvalue weighted by atomic mass is 9.76. The maximum absolute atomic E-state index is 13.2. The Morgan fingerprint density at radius 2 is 1.49 bits per heavy atom. The van der Waals surface area contributed by atoms with Crippen LogP contribution in [0, 0.1) is 0 Å². The van der Waals surface area contributed by atoms with Crippen molar-refractivity contribution in [2.75, 3.05) is 14.2 Å². The molecule has 0 bridgehead atoms. The zero-order valence-corrected chi connectivity index (χ0v) is 27.8. The van der Waals surface area contributed by atoms with Gasteiger partial charge in [-0.2, -0.15) is 0 Å². The third kappa shape index (κ3) is 5.85. The second-order valence-electron chi connectivity index (χ2n) is 12.7. The molecule has 1 aliphatic heterocycles. The van der Waals surface area contributed by atoms with E-state index in [9.17, 15) is 14.7 Å². The van der Waals surface area contributed by atoms with Crippen molar-refractivity contribution in [3.05, 3.63) is 132 Å². The number of hydrogen-bond donors (Lipinski definition) is 1. The highest BCUT2D eigenvalue weighted by atomic mass is 16.7. The molecule has 6 aromatic rings. The molecule has 0 radical (unpaired) electrons. The van der Waals surface area contributed by atoms with Crippen LogP contribution in [0.15, 0.2) is 109 Å². The van der Waals surface area contributed by atoms with Crippen LogP contribution in [0.5, 0.6) is 11.5 Å². The molecule has 1 saturated heterocycles. The molecule has 7 rings (SSSR count). The largest absolute Gasteiger partial charge is 0.497 e. The van der Waals surface area contributed by atoms with E-state index in [4.69, 9.17) is 14.3 Å². The number of unbranched alkanes of at least 4 members (excludes halogenated alkanes) is 2. The molecule has 7 heteroatoms. The number of rotatable bonds is 12. The van der Waals surface area contributed by atoms with Gasteiger partial charge in [-0.05, 0) is 99.0 Å². The van der Waals surface area contributed by atoms with Crippen molar-refractivity contribution in [3.8, 4) is 11.5 Å². The van der Waals surface area contributed by atoms with Gasteiger partial charge in [0.25, 0.3) is 5.91 Å². The van der Waals surface area contributed by atoms with Gasteiger partial charge < -0.3 is 19.4 Å². The fourth-order valence-electron chi connectivity index (χ4n) is 7.21. The van der Waals surface area contributed by atoms with Crippen LogP contribution in [-0.4, -0.2) is 36.3 Å². The number of aryl methyl sites for hydroxylation is 1. The quantitative estimate of drug-likeness (QED) is 0.0809. The summed E-state index contributed by atoms with van der Waals surface area (Å²) in [6.45, 7) is 3.80. The van der Waals surface area contributed by atoms with Crippen LogP contribution in [-0.2, 0) is 26.4 Å². The zero-order valence-electron chi connectivity index (χ0n) is 27.8. The van der Waals surface area contributed by atoms with Gasteiger partial charge in [-0.1, -0.05) is 85.8 Å². The molecular formula is C42H39NO6. The van der Waals surface area contributed by atoms with Crippen molar-refractivity contribution in [1.29, 1.82) is 0 Å². The average molecular weight is 654 g/mol. The minimum atomic E-state index is -1.50. The van der Waals surface area contributed by atoms with Crippen LogP contribution in [0.3, 0.4) is 0 Å². The molecule has 248 valence electrons. The zero-order chi connectivity index (χ0) is 34.1. The molecule has 1 amide bonds. The maximum atomic E-state index is 13.2. The molecule has 1 heterocycles. The number of nitrogens with zero attached hydrogens (tertiary/aromatic N) is 1. The van der Waals surface area contributed by atoms with Crippen molar-refractivity contribution in [1.82, 2.24) is 5.06 Å². The monoisotopic (exact) mass is 653 g/mol. The van der Waals surface area contributed by atoms with Gasteiger partial charge in [-0.25, -0.2) is 4.79 Å². The molecule has 0 aromatic heterocycles. The van der Waals surface area contributed by atoms with E-state index < -0.39 is 11.6 Å². The highest BCUT2D eigenvalue weighted by Crippen LogP contribution is 2.45. The van der Waals surface area contributed by atoms with Gasteiger partial charge in [0.15, 0.2) is 0 Å². The Balaban J connectivity index is 1.21. The topological polar surface area (TPSA) is 85.3 Å². The van der Waals surface area contributed by atoms with Crippen molar-refractivity contribution >= 4 is 44.2 Å². The van der Waals surface area contributed by atoms with Crippen LogP contribution in [0.4, 0.5) is 0 Å². The highest BCUT2D eigenvalue weighted by Gasteiger charge is 2.36. The second kappa shape index (κ2) is 13.2. The van der Waals surface area contributed by atoms with Gasteiger partial charge >= 0.3 is 5.97 Å². The van der Waals surface area contributed by atoms with E-state index in [0.29, 0.717) is 37.1 Å². The Morgan fingerprint density at radius 1 is 0.796 bits per heavy atom. The van der Waals surface area contributed by atoms with E-state index in [-0.39, 0.29) is 12.3 Å². The first kappa shape index (κ1) is 32.2. The number of aliphatic hydroxyl groups is 1. The van der Waals surface area contributed by atoms with Gasteiger partial charge in [-0.15, -0.1) is 5.06 Å². The molecule has 1 fully saturated rings. The minimum Gasteiger partial charge on any atom is -0.497 e. The van der Waals surface area contributed by atoms with E-state index in [0.717, 1.165) is 72.8 Å². The maximum Gasteiger partial charge on any atom is 0.333 e. The van der Waals surface area contributed by atoms with Crippen LogP contribution in [0.1, 0.15) is 60.8 Å². The SMILES string of the molecule is C=C1CCC(=O)N1OC(=O)CCCCCc1cc(C(O)(c2ccc(OC)cc2)c2ccc3ccc4cccc5ccc2c3c45)ccc1OC. The standard InChI is InChI=1S/C42H39NO6/c1-27-12-25-38(44)43(27)49-39(45)11-6-4-5-8-31-26-33(19-24-37(31)48-3)42(46,32-17-20-34(47-2)21-18-32)36-23-16-30-14-13-28-9-7-10-29-15-22-35(36)41(30)40(28)29/h7,9-10,13-24,26,46H,1,4-6,8,11-12,25H2,2-3H3. The number of amides is 1. The summed E-state index contributed by atoms with van der Waals surface area (Å²) in [5.41, 5.74) is 2.21. The number of carbonyl (C=O) groups is 2. The molecule has 7 nitrogen and oxygen atoms in total. The van der Waals surface area contributed by atoms with Crippen LogP contribution in [0.2, 0.25) is 0 Å². The fourth-order valence-corrected chi connectivity index (χ4v) is 7.21. The lowest BCUT2D eigenvalue weighted by Gasteiger charge is -2.32. The number of carbonyl (C=O) groups excluding carboxylic acids is 2. The van der Waals surface area contributed by atoms with E-state index in [1.165, 1.54) is 5.39 Å². The molecule has 49 heavy (non-hydrogen) atoms. The number of ether oxygens (including phenoxy) is 2. The summed E-state index contributed by atoms with van der Waals surface area (Å²) < 4.78 is 11.2. The molecular weight excluding hydrogens is 614 g/mol. The van der Waals surface area contributed by atoms with Crippen molar-refractivity contribution < 1.29 is 29.0 Å². The Hall–Kier alpha value is -5.40. The first-order chi connectivity index (χ1) is 23.8. The lowest BCUT2D eigenvalue weighted by molar-refractivity contribution is -0.186. The molecule has 0 saturated carbocycles. The van der Waals surface area contributed by atoms with E-state index in [1.807, 2.05) is 48.5 Å². The average Bonchev–Trinajstić information content (AvgIpc) is 3.45. The van der Waals surface area contributed by atoms with Crippen molar-refractivity contribution in [3.63, 3.8) is 0 Å². The van der Waals surface area contributed by atoms with Crippen LogP contribution in [0.25, 0.3) is 32.3 Å². The summed E-state index contributed by atoms with van der Waals surface area (Å²) in [6, 6.07) is 32.5. The lowest BCUT2D eigenvalue weighted by Crippen LogP contribution is -2.29. The Labute approximate surface area is 285 Å². The number of allylic oxidation sites excluding steroid dienone is 1. The van der Waals surface area contributed by atoms with Gasteiger partial charge in [0, 0.05) is 18.4 Å². The Kier molecular flexibility index (Phi) is 8.69. The van der Waals surface area contributed by atoms with Gasteiger partial charge in [0.2, 0.25) is 0 Å². The summed E-state index contributed by atoms with van der Waals surface area (Å²) in [5.74, 6) is 0.773. The van der Waals surface area contributed by atoms with Crippen molar-refractivity contribution in [2.45, 2.75) is 50.5 Å². The predicted molar refractivity (Wildman–Crippen MR) is 192 cm³/mol. The van der Waals surface area contributed by atoms with Gasteiger partial charge in [0.05, 0.1) is 19.9 Å². The Bertz CT molecular complexity index is 2160. The predicted octanol–water partition coefficient (Wildman–Crippen LogP) is 8.58. The third-order valence-electron chi connectivity index (χ3n) is 9.79. The Morgan fingerprint density at radius 3 is 2.18 bits per heavy atom. The second-order valence-corrected chi connectivity index (χ2v) is 12.7. The molecule has 1 aliphatic rings. The normalized spacial score (nSPS) is 14.6. The summed E-state index contributed by atoms with van der Waals surface area (Å²) >= 11 is 0. The summed E-state index contributed by atoms with van der Waals surface area (Å²) in [6.07, 6.45) is 3.91. The number of benzene rings is 6. The van der Waals surface area contributed by atoms with Crippen molar-refractivity contribution in [2.24, 2.45) is 0 Å².